The molecule has 2 N–H and O–H groups in total. The molecule has 1 aromatic carbocycles. The highest BCUT2D eigenvalue weighted by Gasteiger charge is 2.34. The Labute approximate surface area is 140 Å². The molecule has 1 atom stereocenters. The number of hydrogen-bond donors (Lipinski definition) is 2. The van der Waals surface area contributed by atoms with Crippen LogP contribution in [0.1, 0.15) is 19.8 Å². The van der Waals surface area contributed by atoms with E-state index in [-0.39, 0.29) is 12.0 Å². The Bertz CT molecular complexity index is 694. The first kappa shape index (κ1) is 17.5. The molecule has 0 spiro atoms. The second kappa shape index (κ2) is 7.59. The molecular formula is C18H20N2O4. The summed E-state index contributed by atoms with van der Waals surface area (Å²) in [6.45, 7) is 2.52. The van der Waals surface area contributed by atoms with Crippen LogP contribution in [0.2, 0.25) is 0 Å². The molecule has 6 heteroatoms. The molecule has 0 saturated heterocycles. The zero-order valence-electron chi connectivity index (χ0n) is 13.4. The third-order valence-electron chi connectivity index (χ3n) is 3.83. The van der Waals surface area contributed by atoms with E-state index in [9.17, 15) is 9.59 Å². The average molecular weight is 328 g/mol. The number of carbonyl (C=O) groups is 2. The fourth-order valence-electron chi connectivity index (χ4n) is 2.37. The lowest BCUT2D eigenvalue weighted by molar-refractivity contribution is -0.145. The molecule has 1 aromatic rings. The molecule has 1 aliphatic carbocycles. The summed E-state index contributed by atoms with van der Waals surface area (Å²) < 4.78 is 0. The number of nitrogens with zero attached hydrogens (tertiary/aromatic N) is 2. The highest BCUT2D eigenvalue weighted by Crippen LogP contribution is 2.31. The van der Waals surface area contributed by atoms with Gasteiger partial charge < -0.3 is 10.2 Å². The molecule has 1 heterocycles. The highest BCUT2D eigenvalue weighted by molar-refractivity contribution is 5.90. The first-order valence-corrected chi connectivity index (χ1v) is 7.62. The number of para-hydroxylation sites is 1. The van der Waals surface area contributed by atoms with Crippen LogP contribution in [0.25, 0.3) is 0 Å². The molecule has 0 aromatic heterocycles. The van der Waals surface area contributed by atoms with Crippen molar-refractivity contribution in [2.75, 3.05) is 11.6 Å². The minimum atomic E-state index is -1.08. The number of benzene rings is 1. The smallest absolute Gasteiger partial charge is 0.331 e. The van der Waals surface area contributed by atoms with Gasteiger partial charge in [0, 0.05) is 24.8 Å². The zero-order chi connectivity index (χ0) is 17.6. The first-order valence-electron chi connectivity index (χ1n) is 7.62. The Morgan fingerprint density at radius 3 is 2.46 bits per heavy atom. The normalized spacial score (nSPS) is 21.7. The SMILES string of the molecule is C1=NN(c2ccccc2)CC1.CC1(C(=O)O)C=CC=C(C(=O)O)C1. The Balaban J connectivity index is 0.000000175. The number of anilines is 1. The van der Waals surface area contributed by atoms with Crippen LogP contribution in [0, 0.1) is 5.41 Å². The predicted molar refractivity (Wildman–Crippen MR) is 92.1 cm³/mol. The van der Waals surface area contributed by atoms with Gasteiger partial charge in [-0.3, -0.25) is 9.80 Å². The minimum absolute atomic E-state index is 0.0359. The summed E-state index contributed by atoms with van der Waals surface area (Å²) in [5.41, 5.74) is 0.233. The van der Waals surface area contributed by atoms with E-state index in [0.717, 1.165) is 13.0 Å². The number of hydrogen-bond acceptors (Lipinski definition) is 4. The van der Waals surface area contributed by atoms with E-state index >= 15 is 0 Å². The van der Waals surface area contributed by atoms with Gasteiger partial charge in [-0.1, -0.05) is 36.4 Å². The molecule has 24 heavy (non-hydrogen) atoms. The third kappa shape index (κ3) is 4.32. The average Bonchev–Trinajstić information content (AvgIpc) is 3.11. The Morgan fingerprint density at radius 1 is 1.21 bits per heavy atom. The van der Waals surface area contributed by atoms with Gasteiger partial charge in [-0.2, -0.15) is 5.10 Å². The van der Waals surface area contributed by atoms with Crippen LogP contribution in [-0.4, -0.2) is 34.9 Å². The molecule has 126 valence electrons. The van der Waals surface area contributed by atoms with Crippen molar-refractivity contribution in [1.29, 1.82) is 0 Å². The fraction of sp³-hybridized carbons (Fsp3) is 0.278. The first-order chi connectivity index (χ1) is 11.4. The quantitative estimate of drug-likeness (QED) is 0.890. The summed E-state index contributed by atoms with van der Waals surface area (Å²) in [7, 11) is 0. The molecule has 3 rings (SSSR count). The lowest BCUT2D eigenvalue weighted by atomic mass is 9.80. The number of carboxylic acids is 2. The zero-order valence-corrected chi connectivity index (χ0v) is 13.4. The minimum Gasteiger partial charge on any atom is -0.481 e. The second-order valence-electron chi connectivity index (χ2n) is 5.80. The molecule has 6 nitrogen and oxygen atoms in total. The Hall–Kier alpha value is -2.89. The molecule has 1 aliphatic heterocycles. The van der Waals surface area contributed by atoms with Crippen molar-refractivity contribution in [3.05, 3.63) is 54.1 Å². The molecule has 0 fully saturated rings. The summed E-state index contributed by atoms with van der Waals surface area (Å²) in [5.74, 6) is -2.06. The largest absolute Gasteiger partial charge is 0.481 e. The second-order valence-corrected chi connectivity index (χ2v) is 5.80. The van der Waals surface area contributed by atoms with E-state index in [4.69, 9.17) is 10.2 Å². The van der Waals surface area contributed by atoms with Gasteiger partial charge in [-0.05, 0) is 25.5 Å². The van der Waals surface area contributed by atoms with Crippen LogP contribution in [0.5, 0.6) is 0 Å². The summed E-state index contributed by atoms with van der Waals surface area (Å²) in [5, 5.41) is 23.7. The number of carboxylic acid groups (broad SMARTS) is 2. The summed E-state index contributed by atoms with van der Waals surface area (Å²) >= 11 is 0. The van der Waals surface area contributed by atoms with Crippen LogP contribution >= 0.6 is 0 Å². The summed E-state index contributed by atoms with van der Waals surface area (Å²) in [4.78, 5) is 21.3. The molecule has 0 amide bonds. The van der Waals surface area contributed by atoms with Gasteiger partial charge >= 0.3 is 11.9 Å². The van der Waals surface area contributed by atoms with Gasteiger partial charge in [0.25, 0.3) is 0 Å². The van der Waals surface area contributed by atoms with Crippen LogP contribution < -0.4 is 5.01 Å². The lowest BCUT2D eigenvalue weighted by Gasteiger charge is -2.23. The van der Waals surface area contributed by atoms with E-state index in [1.165, 1.54) is 30.8 Å². The van der Waals surface area contributed by atoms with Crippen molar-refractivity contribution in [1.82, 2.24) is 0 Å². The maximum Gasteiger partial charge on any atom is 0.331 e. The topological polar surface area (TPSA) is 90.2 Å². The van der Waals surface area contributed by atoms with Crippen LogP contribution in [0.4, 0.5) is 5.69 Å². The van der Waals surface area contributed by atoms with Crippen molar-refractivity contribution >= 4 is 23.8 Å². The van der Waals surface area contributed by atoms with Crippen molar-refractivity contribution < 1.29 is 19.8 Å². The molecule has 0 bridgehead atoms. The van der Waals surface area contributed by atoms with Crippen molar-refractivity contribution in [3.63, 3.8) is 0 Å². The van der Waals surface area contributed by atoms with E-state index in [2.05, 4.69) is 17.2 Å². The van der Waals surface area contributed by atoms with E-state index < -0.39 is 17.4 Å². The summed E-state index contributed by atoms with van der Waals surface area (Å²) in [6, 6.07) is 10.2. The van der Waals surface area contributed by atoms with Crippen molar-refractivity contribution in [2.24, 2.45) is 10.5 Å². The fourth-order valence-corrected chi connectivity index (χ4v) is 2.37. The van der Waals surface area contributed by atoms with Crippen LogP contribution in [0.3, 0.4) is 0 Å². The maximum absolute atomic E-state index is 10.8. The van der Waals surface area contributed by atoms with E-state index in [1.54, 1.807) is 0 Å². The molecular weight excluding hydrogens is 308 g/mol. The standard InChI is InChI=1S/C9H10N2.C9H10O4/c1-2-5-9(6-3-1)11-8-4-7-10-11;1-9(8(12)13)4-2-3-6(5-9)7(10)11/h1-3,5-7H,4,8H2;2-4H,5H2,1H3,(H,10,11)(H,12,13). The Kier molecular flexibility index (Phi) is 5.52. The molecule has 1 unspecified atom stereocenters. The third-order valence-corrected chi connectivity index (χ3v) is 3.83. The van der Waals surface area contributed by atoms with Gasteiger partial charge in [0.05, 0.1) is 11.1 Å². The van der Waals surface area contributed by atoms with E-state index in [0.29, 0.717) is 0 Å². The number of allylic oxidation sites excluding steroid dienone is 2. The Morgan fingerprint density at radius 2 is 1.92 bits per heavy atom. The van der Waals surface area contributed by atoms with Gasteiger partial charge in [0.15, 0.2) is 0 Å². The predicted octanol–water partition coefficient (Wildman–Crippen LogP) is 2.93. The van der Waals surface area contributed by atoms with Crippen LogP contribution in [-0.2, 0) is 9.59 Å². The highest BCUT2D eigenvalue weighted by atomic mass is 16.4. The van der Waals surface area contributed by atoms with Crippen LogP contribution in [0.15, 0.2) is 59.2 Å². The number of aliphatic carboxylic acids is 2. The van der Waals surface area contributed by atoms with E-state index in [1.807, 2.05) is 29.4 Å². The lowest BCUT2D eigenvalue weighted by Crippen LogP contribution is -2.28. The molecule has 2 aliphatic rings. The molecule has 0 radical (unpaired) electrons. The summed E-state index contributed by atoms with van der Waals surface area (Å²) in [6.07, 6.45) is 7.45. The monoisotopic (exact) mass is 328 g/mol. The van der Waals surface area contributed by atoms with Gasteiger partial charge in [-0.25, -0.2) is 4.79 Å². The number of rotatable bonds is 3. The van der Waals surface area contributed by atoms with Gasteiger partial charge in [0.2, 0.25) is 0 Å². The maximum atomic E-state index is 10.8. The number of hydrazone groups is 1. The van der Waals surface area contributed by atoms with Gasteiger partial charge in [0.1, 0.15) is 0 Å². The van der Waals surface area contributed by atoms with Gasteiger partial charge in [-0.15, -0.1) is 0 Å². The van der Waals surface area contributed by atoms with Crippen molar-refractivity contribution in [2.45, 2.75) is 19.8 Å². The van der Waals surface area contributed by atoms with Crippen molar-refractivity contribution in [3.8, 4) is 0 Å². The molecule has 0 saturated carbocycles.